The summed E-state index contributed by atoms with van der Waals surface area (Å²) in [6.45, 7) is 1.91. The molecule has 1 aromatic carbocycles. The van der Waals surface area contributed by atoms with Gasteiger partial charge in [-0.05, 0) is 49.4 Å². The molecule has 0 aliphatic heterocycles. The molecule has 3 aromatic rings. The summed E-state index contributed by atoms with van der Waals surface area (Å²) >= 11 is 0. The van der Waals surface area contributed by atoms with Crippen molar-refractivity contribution in [2.24, 2.45) is 5.10 Å². The Morgan fingerprint density at radius 1 is 1.14 bits per heavy atom. The Kier molecular flexibility index (Phi) is 3.78. The van der Waals surface area contributed by atoms with Gasteiger partial charge in [0.05, 0.1) is 17.5 Å². The van der Waals surface area contributed by atoms with E-state index < -0.39 is 0 Å². The quantitative estimate of drug-likeness (QED) is 0.570. The zero-order valence-corrected chi connectivity index (χ0v) is 11.7. The van der Waals surface area contributed by atoms with Crippen molar-refractivity contribution in [3.05, 3.63) is 66.6 Å². The molecule has 0 fully saturated rings. The monoisotopic (exact) mass is 277 g/mol. The molecule has 2 heterocycles. The average molecular weight is 277 g/mol. The molecule has 0 radical (unpaired) electrons. The third kappa shape index (κ3) is 3.36. The van der Waals surface area contributed by atoms with Crippen LogP contribution in [0.1, 0.15) is 12.7 Å². The second-order valence-electron chi connectivity index (χ2n) is 4.60. The number of nitrogens with one attached hydrogen (secondary N) is 1. The highest BCUT2D eigenvalue weighted by atomic mass is 16.3. The third-order valence-corrected chi connectivity index (χ3v) is 2.98. The van der Waals surface area contributed by atoms with Gasteiger partial charge < -0.3 is 4.42 Å². The van der Waals surface area contributed by atoms with E-state index in [4.69, 9.17) is 4.42 Å². The van der Waals surface area contributed by atoms with Crippen LogP contribution in [0.15, 0.2) is 70.4 Å². The third-order valence-electron chi connectivity index (χ3n) is 2.98. The van der Waals surface area contributed by atoms with Gasteiger partial charge in [-0.15, -0.1) is 0 Å². The number of pyridine rings is 1. The van der Waals surface area contributed by atoms with E-state index in [9.17, 15) is 0 Å². The Morgan fingerprint density at radius 3 is 2.90 bits per heavy atom. The van der Waals surface area contributed by atoms with Crippen molar-refractivity contribution >= 4 is 28.5 Å². The van der Waals surface area contributed by atoms with Gasteiger partial charge in [0, 0.05) is 5.39 Å². The van der Waals surface area contributed by atoms with Crippen molar-refractivity contribution < 1.29 is 4.42 Å². The van der Waals surface area contributed by atoms with Crippen LogP contribution in [0.2, 0.25) is 0 Å². The Labute approximate surface area is 122 Å². The van der Waals surface area contributed by atoms with E-state index in [2.05, 4.69) is 15.5 Å². The average Bonchev–Trinajstić information content (AvgIpc) is 3.04. The standard InChI is InChI=1S/C17H15N3O/c1-13(8-10-15-6-4-12-21-15)19-20-17-11-9-14-5-2-3-7-16(14)18-17/h2-12H,1H3,(H,18,20)/b10-8+,19-13+. The molecule has 1 N–H and O–H groups in total. The molecule has 104 valence electrons. The van der Waals surface area contributed by atoms with Crippen LogP contribution in [0, 0.1) is 0 Å². The highest BCUT2D eigenvalue weighted by molar-refractivity contribution is 5.96. The highest BCUT2D eigenvalue weighted by Gasteiger charge is 1.96. The zero-order valence-electron chi connectivity index (χ0n) is 11.7. The summed E-state index contributed by atoms with van der Waals surface area (Å²) in [5.41, 5.74) is 4.74. The van der Waals surface area contributed by atoms with Crippen LogP contribution in [0.4, 0.5) is 5.82 Å². The maximum absolute atomic E-state index is 5.22. The van der Waals surface area contributed by atoms with Gasteiger partial charge >= 0.3 is 0 Å². The molecule has 0 aliphatic carbocycles. The summed E-state index contributed by atoms with van der Waals surface area (Å²) in [5.74, 6) is 1.52. The molecule has 0 saturated heterocycles. The molecule has 0 amide bonds. The summed E-state index contributed by atoms with van der Waals surface area (Å²) in [4.78, 5) is 4.50. The molecule has 0 spiro atoms. The first-order valence-electron chi connectivity index (χ1n) is 6.69. The molecule has 4 heteroatoms. The Morgan fingerprint density at radius 2 is 2.05 bits per heavy atom. The number of benzene rings is 1. The lowest BCUT2D eigenvalue weighted by atomic mass is 10.2. The lowest BCUT2D eigenvalue weighted by Crippen LogP contribution is -1.96. The molecule has 0 unspecified atom stereocenters. The van der Waals surface area contributed by atoms with Crippen LogP contribution in [0.3, 0.4) is 0 Å². The van der Waals surface area contributed by atoms with Crippen LogP contribution >= 0.6 is 0 Å². The fraction of sp³-hybridized carbons (Fsp3) is 0.0588. The van der Waals surface area contributed by atoms with Gasteiger partial charge in [0.15, 0.2) is 0 Å². The van der Waals surface area contributed by atoms with Crippen molar-refractivity contribution in [1.29, 1.82) is 0 Å². The van der Waals surface area contributed by atoms with Gasteiger partial charge in [0.1, 0.15) is 11.6 Å². The number of para-hydroxylation sites is 1. The number of anilines is 1. The minimum absolute atomic E-state index is 0.722. The van der Waals surface area contributed by atoms with Gasteiger partial charge in [-0.1, -0.05) is 18.2 Å². The number of fused-ring (bicyclic) bond motifs is 1. The van der Waals surface area contributed by atoms with E-state index in [1.807, 2.05) is 67.6 Å². The fourth-order valence-electron chi connectivity index (χ4n) is 1.90. The summed E-state index contributed by atoms with van der Waals surface area (Å²) in [7, 11) is 0. The van der Waals surface area contributed by atoms with Crippen LogP contribution in [-0.2, 0) is 0 Å². The molecule has 0 saturated carbocycles. The molecule has 2 aromatic heterocycles. The fourth-order valence-corrected chi connectivity index (χ4v) is 1.90. The number of furan rings is 1. The first kappa shape index (κ1) is 13.1. The summed E-state index contributed by atoms with van der Waals surface area (Å²) in [6.07, 6.45) is 5.39. The minimum Gasteiger partial charge on any atom is -0.465 e. The van der Waals surface area contributed by atoms with Gasteiger partial charge in [-0.2, -0.15) is 5.10 Å². The minimum atomic E-state index is 0.722. The SMILES string of the molecule is CC(/C=C/c1ccco1)=N\Nc1ccc2ccccc2n1. The number of aromatic nitrogens is 1. The van der Waals surface area contributed by atoms with Crippen LogP contribution in [0.5, 0.6) is 0 Å². The summed E-state index contributed by atoms with van der Waals surface area (Å²) in [6, 6.07) is 15.7. The predicted octanol–water partition coefficient (Wildman–Crippen LogP) is 4.33. The number of hydrogen-bond acceptors (Lipinski definition) is 4. The van der Waals surface area contributed by atoms with Gasteiger partial charge in [0.2, 0.25) is 0 Å². The van der Waals surface area contributed by atoms with Crippen LogP contribution < -0.4 is 5.43 Å². The maximum atomic E-state index is 5.22. The molecule has 4 nitrogen and oxygen atoms in total. The Balaban J connectivity index is 1.71. The number of nitrogens with zero attached hydrogens (tertiary/aromatic N) is 2. The van der Waals surface area contributed by atoms with E-state index >= 15 is 0 Å². The first-order valence-corrected chi connectivity index (χ1v) is 6.69. The topological polar surface area (TPSA) is 50.4 Å². The molecule has 0 aliphatic rings. The Hall–Kier alpha value is -2.88. The van der Waals surface area contributed by atoms with Crippen molar-refractivity contribution in [1.82, 2.24) is 4.98 Å². The van der Waals surface area contributed by atoms with Gasteiger partial charge in [0.25, 0.3) is 0 Å². The van der Waals surface area contributed by atoms with E-state index in [0.717, 1.165) is 28.2 Å². The lowest BCUT2D eigenvalue weighted by molar-refractivity contribution is 0.557. The number of hydrazone groups is 1. The van der Waals surface area contributed by atoms with E-state index in [-0.39, 0.29) is 0 Å². The predicted molar refractivity (Wildman–Crippen MR) is 86.2 cm³/mol. The molecule has 3 rings (SSSR count). The van der Waals surface area contributed by atoms with E-state index in [1.165, 1.54) is 0 Å². The molecular weight excluding hydrogens is 262 g/mol. The second-order valence-corrected chi connectivity index (χ2v) is 4.60. The number of rotatable bonds is 4. The van der Waals surface area contributed by atoms with Crippen LogP contribution in [0.25, 0.3) is 17.0 Å². The zero-order chi connectivity index (χ0) is 14.5. The normalized spacial score (nSPS) is 12.1. The highest BCUT2D eigenvalue weighted by Crippen LogP contribution is 2.14. The molecule has 0 bridgehead atoms. The van der Waals surface area contributed by atoms with E-state index in [0.29, 0.717) is 0 Å². The molecule has 21 heavy (non-hydrogen) atoms. The molecular formula is C17H15N3O. The summed E-state index contributed by atoms with van der Waals surface area (Å²) in [5, 5.41) is 5.39. The van der Waals surface area contributed by atoms with Crippen molar-refractivity contribution in [2.75, 3.05) is 5.43 Å². The first-order chi connectivity index (χ1) is 10.3. The second kappa shape index (κ2) is 6.05. The summed E-state index contributed by atoms with van der Waals surface area (Å²) < 4.78 is 5.22. The van der Waals surface area contributed by atoms with Crippen LogP contribution in [-0.4, -0.2) is 10.7 Å². The smallest absolute Gasteiger partial charge is 0.146 e. The van der Waals surface area contributed by atoms with E-state index in [1.54, 1.807) is 6.26 Å². The lowest BCUT2D eigenvalue weighted by Gasteiger charge is -2.02. The van der Waals surface area contributed by atoms with Gasteiger partial charge in [-0.25, -0.2) is 4.98 Å². The number of hydrogen-bond donors (Lipinski definition) is 1. The van der Waals surface area contributed by atoms with Crippen molar-refractivity contribution in [3.63, 3.8) is 0 Å². The largest absolute Gasteiger partial charge is 0.465 e. The van der Waals surface area contributed by atoms with Crippen molar-refractivity contribution in [2.45, 2.75) is 6.92 Å². The Bertz CT molecular complexity index is 789. The maximum Gasteiger partial charge on any atom is 0.146 e. The van der Waals surface area contributed by atoms with Crippen molar-refractivity contribution in [3.8, 4) is 0 Å². The molecule has 0 atom stereocenters. The number of allylic oxidation sites excluding steroid dienone is 1. The van der Waals surface area contributed by atoms with Gasteiger partial charge in [-0.3, -0.25) is 5.43 Å².